The second kappa shape index (κ2) is 7.83. The highest BCUT2D eigenvalue weighted by Crippen LogP contribution is 2.46. The van der Waals surface area contributed by atoms with Gasteiger partial charge in [-0.2, -0.15) is 0 Å². The van der Waals surface area contributed by atoms with Crippen LogP contribution in [0.5, 0.6) is 0 Å². The van der Waals surface area contributed by atoms with Gasteiger partial charge >= 0.3 is 0 Å². The Labute approximate surface area is 228 Å². The minimum absolute atomic E-state index is 1.19. The molecule has 0 aliphatic carbocycles. The first kappa shape index (κ1) is 21.1. The molecular formula is C36H22N2S. The van der Waals surface area contributed by atoms with Gasteiger partial charge in [0.2, 0.25) is 0 Å². The number of fused-ring (bicyclic) bond motifs is 11. The number of benzene rings is 6. The van der Waals surface area contributed by atoms with Crippen LogP contribution in [0.15, 0.2) is 133 Å². The number of para-hydroxylation sites is 4. The van der Waals surface area contributed by atoms with Crippen molar-refractivity contribution in [2.45, 2.75) is 0 Å². The quantitative estimate of drug-likeness (QED) is 0.217. The third kappa shape index (κ3) is 2.80. The van der Waals surface area contributed by atoms with Gasteiger partial charge in [-0.25, -0.2) is 0 Å². The van der Waals surface area contributed by atoms with Crippen molar-refractivity contribution in [3.63, 3.8) is 0 Å². The Morgan fingerprint density at radius 1 is 0.333 bits per heavy atom. The highest BCUT2D eigenvalue weighted by Gasteiger charge is 2.21. The fraction of sp³-hybridized carbons (Fsp3) is 0. The smallest absolute Gasteiger partial charge is 0.0719 e. The lowest BCUT2D eigenvalue weighted by atomic mass is 10.1. The maximum Gasteiger partial charge on any atom is 0.0719 e. The summed E-state index contributed by atoms with van der Waals surface area (Å²) in [6, 6.07) is 48.4. The number of rotatable bonds is 2. The second-order valence-corrected chi connectivity index (χ2v) is 11.2. The summed E-state index contributed by atoms with van der Waals surface area (Å²) < 4.78 is 7.57. The van der Waals surface area contributed by atoms with Gasteiger partial charge in [0.05, 0.1) is 31.5 Å². The van der Waals surface area contributed by atoms with Gasteiger partial charge in [-0.3, -0.25) is 0 Å². The summed E-state index contributed by atoms with van der Waals surface area (Å²) in [5.41, 5.74) is 7.45. The maximum atomic E-state index is 2.45. The van der Waals surface area contributed by atoms with Crippen molar-refractivity contribution in [1.82, 2.24) is 9.13 Å². The number of hydrogen-bond donors (Lipinski definition) is 0. The van der Waals surface area contributed by atoms with E-state index in [-0.39, 0.29) is 0 Å². The molecule has 2 nitrogen and oxygen atoms in total. The van der Waals surface area contributed by atoms with Crippen LogP contribution in [-0.4, -0.2) is 9.13 Å². The average molecular weight is 515 g/mol. The average Bonchev–Trinajstić information content (AvgIpc) is 3.66. The molecule has 0 bridgehead atoms. The molecule has 0 aliphatic heterocycles. The molecule has 0 atom stereocenters. The molecule has 0 aliphatic rings. The lowest BCUT2D eigenvalue weighted by Crippen LogP contribution is -1.92. The van der Waals surface area contributed by atoms with Gasteiger partial charge in [0, 0.05) is 43.7 Å². The molecule has 0 saturated heterocycles. The predicted octanol–water partition coefficient (Wildman–Crippen LogP) is 10.2. The Balaban J connectivity index is 1.52. The van der Waals surface area contributed by atoms with Crippen LogP contribution in [0.2, 0.25) is 0 Å². The van der Waals surface area contributed by atoms with Crippen LogP contribution in [-0.2, 0) is 0 Å². The highest BCUT2D eigenvalue weighted by molar-refractivity contribution is 7.27. The standard InChI is InChI=1S/C36H22N2S/c1-3-11-23(12-4-1)37-31-17-9-7-15-25(31)27-19-21-29-30-22-20-28-26-16-8-10-18-32(26)38(24-13-5-2-6-14-24)34(28)36(30)39-35(29)33(27)37/h1-22H. The zero-order chi connectivity index (χ0) is 25.5. The first-order valence-electron chi connectivity index (χ1n) is 13.3. The lowest BCUT2D eigenvalue weighted by Gasteiger charge is -2.08. The summed E-state index contributed by atoms with van der Waals surface area (Å²) in [4.78, 5) is 0. The molecular weight excluding hydrogens is 492 g/mol. The second-order valence-electron chi connectivity index (χ2n) is 10.2. The van der Waals surface area contributed by atoms with Crippen molar-refractivity contribution < 1.29 is 0 Å². The van der Waals surface area contributed by atoms with E-state index in [1.807, 2.05) is 11.3 Å². The summed E-state index contributed by atoms with van der Waals surface area (Å²) in [6.45, 7) is 0. The Kier molecular flexibility index (Phi) is 4.24. The van der Waals surface area contributed by atoms with Crippen molar-refractivity contribution >= 4 is 75.1 Å². The summed E-state index contributed by atoms with van der Waals surface area (Å²) in [6.07, 6.45) is 0. The van der Waals surface area contributed by atoms with E-state index < -0.39 is 0 Å². The van der Waals surface area contributed by atoms with E-state index in [0.717, 1.165) is 0 Å². The van der Waals surface area contributed by atoms with Crippen molar-refractivity contribution in [3.8, 4) is 11.4 Å². The molecule has 9 rings (SSSR count). The van der Waals surface area contributed by atoms with Crippen molar-refractivity contribution in [2.24, 2.45) is 0 Å². The van der Waals surface area contributed by atoms with Crippen LogP contribution in [0.4, 0.5) is 0 Å². The molecule has 0 radical (unpaired) electrons. The molecule has 0 N–H and O–H groups in total. The maximum absolute atomic E-state index is 2.45. The van der Waals surface area contributed by atoms with Crippen molar-refractivity contribution in [3.05, 3.63) is 133 Å². The molecule has 9 aromatic rings. The first-order valence-corrected chi connectivity index (χ1v) is 14.1. The van der Waals surface area contributed by atoms with E-state index in [4.69, 9.17) is 0 Å². The first-order chi connectivity index (χ1) is 19.4. The summed E-state index contributed by atoms with van der Waals surface area (Å²) in [7, 11) is 0. The monoisotopic (exact) mass is 514 g/mol. The van der Waals surface area contributed by atoms with E-state index in [1.165, 1.54) is 75.2 Å². The topological polar surface area (TPSA) is 9.86 Å². The SMILES string of the molecule is c1ccc(-n2c3ccccc3c3ccc4c5ccc6c7ccccc7n(-c7ccccc7)c6c5sc4c32)cc1. The molecule has 0 spiro atoms. The van der Waals surface area contributed by atoms with E-state index in [2.05, 4.69) is 143 Å². The van der Waals surface area contributed by atoms with Crippen LogP contribution in [0.3, 0.4) is 0 Å². The van der Waals surface area contributed by atoms with Crippen molar-refractivity contribution in [1.29, 1.82) is 0 Å². The van der Waals surface area contributed by atoms with Crippen LogP contribution in [0, 0.1) is 0 Å². The lowest BCUT2D eigenvalue weighted by molar-refractivity contribution is 1.19. The van der Waals surface area contributed by atoms with Crippen LogP contribution in [0.1, 0.15) is 0 Å². The summed E-state index contributed by atoms with van der Waals surface area (Å²) in [5.74, 6) is 0. The Morgan fingerprint density at radius 3 is 1.18 bits per heavy atom. The third-order valence-electron chi connectivity index (χ3n) is 8.10. The zero-order valence-corrected chi connectivity index (χ0v) is 21.8. The third-order valence-corrected chi connectivity index (χ3v) is 9.34. The fourth-order valence-corrected chi connectivity index (χ4v) is 7.85. The van der Waals surface area contributed by atoms with Gasteiger partial charge in [0.1, 0.15) is 0 Å². The van der Waals surface area contributed by atoms with Crippen LogP contribution in [0.25, 0.3) is 75.2 Å². The molecule has 0 saturated carbocycles. The number of hydrogen-bond acceptors (Lipinski definition) is 1. The van der Waals surface area contributed by atoms with E-state index in [0.29, 0.717) is 0 Å². The van der Waals surface area contributed by atoms with Gasteiger partial charge in [0.15, 0.2) is 0 Å². The number of thiophene rings is 1. The molecule has 182 valence electrons. The van der Waals surface area contributed by atoms with Crippen LogP contribution >= 0.6 is 11.3 Å². The fourth-order valence-electron chi connectivity index (χ4n) is 6.48. The molecule has 0 fully saturated rings. The number of aromatic nitrogens is 2. The van der Waals surface area contributed by atoms with E-state index in [1.54, 1.807) is 0 Å². The Morgan fingerprint density at radius 2 is 0.718 bits per heavy atom. The molecule has 39 heavy (non-hydrogen) atoms. The number of nitrogens with zero attached hydrogens (tertiary/aromatic N) is 2. The van der Waals surface area contributed by atoms with E-state index in [9.17, 15) is 0 Å². The normalized spacial score (nSPS) is 12.1. The molecule has 0 amide bonds. The largest absolute Gasteiger partial charge is 0.308 e. The van der Waals surface area contributed by atoms with Crippen molar-refractivity contribution in [2.75, 3.05) is 0 Å². The molecule has 3 heteroatoms. The Bertz CT molecular complexity index is 2200. The van der Waals surface area contributed by atoms with E-state index >= 15 is 0 Å². The highest BCUT2D eigenvalue weighted by atomic mass is 32.1. The Hall–Kier alpha value is -4.86. The minimum atomic E-state index is 1.19. The predicted molar refractivity (Wildman–Crippen MR) is 168 cm³/mol. The summed E-state index contributed by atoms with van der Waals surface area (Å²) in [5, 5.41) is 7.81. The zero-order valence-electron chi connectivity index (χ0n) is 21.0. The molecule has 0 unspecified atom stereocenters. The molecule has 3 aromatic heterocycles. The van der Waals surface area contributed by atoms with Gasteiger partial charge in [0.25, 0.3) is 0 Å². The van der Waals surface area contributed by atoms with Gasteiger partial charge < -0.3 is 9.13 Å². The minimum Gasteiger partial charge on any atom is -0.308 e. The molecule has 6 aromatic carbocycles. The molecule has 3 heterocycles. The summed E-state index contributed by atoms with van der Waals surface area (Å²) >= 11 is 1.93. The van der Waals surface area contributed by atoms with Gasteiger partial charge in [-0.15, -0.1) is 11.3 Å². The van der Waals surface area contributed by atoms with Crippen LogP contribution < -0.4 is 0 Å². The van der Waals surface area contributed by atoms with Gasteiger partial charge in [-0.05, 0) is 36.4 Å². The van der Waals surface area contributed by atoms with Gasteiger partial charge in [-0.1, -0.05) is 97.1 Å².